The molecule has 0 bridgehead atoms. The van der Waals surface area contributed by atoms with Crippen LogP contribution in [0.3, 0.4) is 0 Å². The van der Waals surface area contributed by atoms with E-state index in [-0.39, 0.29) is 5.88 Å². The highest BCUT2D eigenvalue weighted by molar-refractivity contribution is 6.61. The molecule has 0 saturated carbocycles. The van der Waals surface area contributed by atoms with Gasteiger partial charge in [0.15, 0.2) is 0 Å². The summed E-state index contributed by atoms with van der Waals surface area (Å²) in [6.07, 6.45) is 1.39. The molecule has 2 rings (SSSR count). The molecule has 1 fully saturated rings. The van der Waals surface area contributed by atoms with Crippen LogP contribution in [0.25, 0.3) is 0 Å². The average molecular weight is 254 g/mol. The molecule has 18 heavy (non-hydrogen) atoms. The number of aromatic nitrogens is 2. The quantitative estimate of drug-likeness (QED) is 0.734. The molecule has 0 N–H and O–H groups in total. The Bertz CT molecular complexity index is 452. The molecule has 0 aromatic carbocycles. The van der Waals surface area contributed by atoms with Gasteiger partial charge in [0.05, 0.1) is 23.9 Å². The molecule has 1 aromatic rings. The highest BCUT2D eigenvalue weighted by Crippen LogP contribution is 2.36. The van der Waals surface area contributed by atoms with E-state index in [1.165, 1.54) is 13.3 Å². The zero-order chi connectivity index (χ0) is 13.6. The number of hydrogen-bond acceptors (Lipinski definition) is 5. The molecule has 7 heteroatoms. The van der Waals surface area contributed by atoms with Crippen molar-refractivity contribution in [3.63, 3.8) is 0 Å². The lowest BCUT2D eigenvalue weighted by Crippen LogP contribution is -2.41. The topological polar surface area (TPSA) is 53.5 Å². The first-order valence-corrected chi connectivity index (χ1v) is 5.69. The molecule has 0 atom stereocenters. The molecule has 0 unspecified atom stereocenters. The van der Waals surface area contributed by atoms with Gasteiger partial charge in [0.25, 0.3) is 11.8 Å². The third kappa shape index (κ3) is 2.08. The number of nitrogens with zero attached hydrogens (tertiary/aromatic N) is 2. The number of halogens is 1. The van der Waals surface area contributed by atoms with Gasteiger partial charge >= 0.3 is 7.12 Å². The Balaban J connectivity index is 2.27. The third-order valence-electron chi connectivity index (χ3n) is 3.41. The second kappa shape index (κ2) is 4.17. The number of methoxy groups -OCH3 is 1. The molecule has 0 aliphatic carbocycles. The first kappa shape index (κ1) is 13.2. The largest absolute Gasteiger partial charge is 0.516 e. The normalized spacial score (nSPS) is 21.1. The Morgan fingerprint density at radius 1 is 1.22 bits per heavy atom. The summed E-state index contributed by atoms with van der Waals surface area (Å²) in [5.74, 6) is -0.917. The zero-order valence-corrected chi connectivity index (χ0v) is 11.2. The minimum atomic E-state index is -0.773. The van der Waals surface area contributed by atoms with Gasteiger partial charge in [-0.15, -0.1) is 0 Å². The maximum absolute atomic E-state index is 13.5. The fourth-order valence-corrected chi connectivity index (χ4v) is 1.58. The monoisotopic (exact) mass is 254 g/mol. The Morgan fingerprint density at radius 3 is 2.22 bits per heavy atom. The lowest BCUT2D eigenvalue weighted by molar-refractivity contribution is 0.00578. The van der Waals surface area contributed by atoms with E-state index in [4.69, 9.17) is 14.0 Å². The van der Waals surface area contributed by atoms with E-state index in [9.17, 15) is 4.39 Å². The van der Waals surface area contributed by atoms with Crippen LogP contribution in [-0.4, -0.2) is 35.4 Å². The Labute approximate surface area is 106 Å². The number of ether oxygens (including phenoxy) is 1. The molecule has 0 radical (unpaired) electrons. The molecule has 1 aliphatic rings. The predicted octanol–water partition coefficient (Wildman–Crippen LogP) is 0.923. The molecular weight excluding hydrogens is 238 g/mol. The summed E-state index contributed by atoms with van der Waals surface area (Å²) in [7, 11) is 0.615. The standard InChI is InChI=1S/C11H16BFN2O3/c1-10(2)11(3,4)18-12(17-10)7-6-14-9(16-5)8(13)15-7/h6H,1-5H3. The second-order valence-electron chi connectivity index (χ2n) is 5.18. The fraction of sp³-hybridized carbons (Fsp3) is 0.636. The molecule has 5 nitrogen and oxygen atoms in total. The summed E-state index contributed by atoms with van der Waals surface area (Å²) in [5.41, 5.74) is -0.683. The lowest BCUT2D eigenvalue weighted by Gasteiger charge is -2.32. The summed E-state index contributed by atoms with van der Waals surface area (Å²) in [4.78, 5) is 7.57. The van der Waals surface area contributed by atoms with Gasteiger partial charge in [-0.05, 0) is 27.7 Å². The highest BCUT2D eigenvalue weighted by atomic mass is 19.1. The molecule has 0 amide bonds. The smallest absolute Gasteiger partial charge is 0.478 e. The van der Waals surface area contributed by atoms with Gasteiger partial charge in [0.2, 0.25) is 0 Å². The van der Waals surface area contributed by atoms with E-state index >= 15 is 0 Å². The van der Waals surface area contributed by atoms with Crippen molar-refractivity contribution in [2.75, 3.05) is 7.11 Å². The van der Waals surface area contributed by atoms with Crippen molar-refractivity contribution in [2.45, 2.75) is 38.9 Å². The van der Waals surface area contributed by atoms with Crippen LogP contribution in [0.5, 0.6) is 5.88 Å². The Hall–Kier alpha value is -1.21. The van der Waals surface area contributed by atoms with Crippen molar-refractivity contribution in [3.8, 4) is 5.88 Å². The van der Waals surface area contributed by atoms with Crippen molar-refractivity contribution in [1.29, 1.82) is 0 Å². The first-order chi connectivity index (χ1) is 8.27. The maximum atomic E-state index is 13.5. The van der Waals surface area contributed by atoms with Gasteiger partial charge in [-0.2, -0.15) is 4.39 Å². The Kier molecular flexibility index (Phi) is 3.07. The van der Waals surface area contributed by atoms with Crippen LogP contribution in [-0.2, 0) is 9.31 Å². The van der Waals surface area contributed by atoms with Crippen molar-refractivity contribution < 1.29 is 18.4 Å². The summed E-state index contributed by atoms with van der Waals surface area (Å²) in [6.45, 7) is 7.67. The molecule has 2 heterocycles. The van der Waals surface area contributed by atoms with Crippen LogP contribution in [0.15, 0.2) is 6.20 Å². The van der Waals surface area contributed by atoms with Crippen molar-refractivity contribution in [1.82, 2.24) is 9.97 Å². The van der Waals surface area contributed by atoms with E-state index in [1.807, 2.05) is 27.7 Å². The van der Waals surface area contributed by atoms with Gasteiger partial charge in [-0.1, -0.05) is 0 Å². The van der Waals surface area contributed by atoms with E-state index in [1.54, 1.807) is 0 Å². The summed E-state index contributed by atoms with van der Waals surface area (Å²) >= 11 is 0. The fourth-order valence-electron chi connectivity index (χ4n) is 1.58. The molecule has 1 saturated heterocycles. The second-order valence-corrected chi connectivity index (χ2v) is 5.18. The van der Waals surface area contributed by atoms with Gasteiger partial charge in [-0.25, -0.2) is 9.97 Å². The van der Waals surface area contributed by atoms with Gasteiger partial charge in [0.1, 0.15) is 0 Å². The van der Waals surface area contributed by atoms with Crippen LogP contribution in [0.1, 0.15) is 27.7 Å². The van der Waals surface area contributed by atoms with E-state index < -0.39 is 24.3 Å². The van der Waals surface area contributed by atoms with Crippen LogP contribution in [0.4, 0.5) is 4.39 Å². The minimum absolute atomic E-state index is 0.143. The summed E-state index contributed by atoms with van der Waals surface area (Å²) < 4.78 is 29.7. The van der Waals surface area contributed by atoms with E-state index in [2.05, 4.69) is 9.97 Å². The van der Waals surface area contributed by atoms with Crippen LogP contribution < -0.4 is 10.3 Å². The van der Waals surface area contributed by atoms with Crippen molar-refractivity contribution in [3.05, 3.63) is 12.1 Å². The van der Waals surface area contributed by atoms with Gasteiger partial charge < -0.3 is 14.0 Å². The molecule has 1 aliphatic heterocycles. The average Bonchev–Trinajstić information content (AvgIpc) is 2.48. The zero-order valence-electron chi connectivity index (χ0n) is 11.2. The van der Waals surface area contributed by atoms with Gasteiger partial charge in [0, 0.05) is 6.20 Å². The van der Waals surface area contributed by atoms with E-state index in [0.717, 1.165) is 0 Å². The molecule has 98 valence electrons. The summed E-state index contributed by atoms with van der Waals surface area (Å²) in [6, 6.07) is 0. The molecular formula is C11H16BFN2O3. The van der Waals surface area contributed by atoms with Crippen LogP contribution in [0.2, 0.25) is 0 Å². The Morgan fingerprint density at radius 2 is 1.78 bits per heavy atom. The first-order valence-electron chi connectivity index (χ1n) is 5.69. The highest BCUT2D eigenvalue weighted by Gasteiger charge is 2.52. The number of hydrogen-bond donors (Lipinski definition) is 0. The lowest BCUT2D eigenvalue weighted by atomic mass is 9.85. The maximum Gasteiger partial charge on any atom is 0.516 e. The predicted molar refractivity (Wildman–Crippen MR) is 64.3 cm³/mol. The summed E-state index contributed by atoms with van der Waals surface area (Å²) in [5, 5.41) is 0. The van der Waals surface area contributed by atoms with Gasteiger partial charge in [-0.3, -0.25) is 0 Å². The van der Waals surface area contributed by atoms with Crippen LogP contribution >= 0.6 is 0 Å². The van der Waals surface area contributed by atoms with Crippen molar-refractivity contribution in [2.24, 2.45) is 0 Å². The SMILES string of the molecule is COc1ncc(B2OC(C)(C)C(C)(C)O2)nc1F. The molecule has 0 spiro atoms. The number of rotatable bonds is 2. The van der Waals surface area contributed by atoms with Crippen LogP contribution in [0, 0.1) is 5.95 Å². The third-order valence-corrected chi connectivity index (χ3v) is 3.41. The van der Waals surface area contributed by atoms with Crippen molar-refractivity contribution >= 4 is 12.7 Å². The van der Waals surface area contributed by atoms with E-state index in [0.29, 0.717) is 5.59 Å². The molecule has 1 aromatic heterocycles. The minimum Gasteiger partial charge on any atom is -0.478 e.